The van der Waals surface area contributed by atoms with Gasteiger partial charge in [0.25, 0.3) is 0 Å². The molecule has 0 fully saturated rings. The third-order valence-corrected chi connectivity index (χ3v) is 2.84. The average Bonchev–Trinajstić information content (AvgIpc) is 2.15. The van der Waals surface area contributed by atoms with Gasteiger partial charge in [0.1, 0.15) is 10.5 Å². The number of hydrogen-bond acceptors (Lipinski definition) is 3. The largest absolute Gasteiger partial charge is 0.389 e. The highest BCUT2D eigenvalue weighted by atomic mass is 35.5. The van der Waals surface area contributed by atoms with Crippen molar-refractivity contribution in [3.8, 4) is 0 Å². The van der Waals surface area contributed by atoms with Crippen molar-refractivity contribution in [2.75, 3.05) is 5.32 Å². The summed E-state index contributed by atoms with van der Waals surface area (Å²) in [6.07, 6.45) is 0. The number of halogens is 1. The number of anilines is 1. The molecule has 1 aromatic carbocycles. The monoisotopic (exact) mass is 271 g/mol. The van der Waals surface area contributed by atoms with Gasteiger partial charge >= 0.3 is 0 Å². The minimum absolute atomic E-state index is 0.232. The predicted molar refractivity (Wildman–Crippen MR) is 74.2 cm³/mol. The number of nitrogens with two attached hydrogens (primary N) is 2. The first-order valence-electron chi connectivity index (χ1n) is 4.91. The van der Waals surface area contributed by atoms with Gasteiger partial charge in [0.05, 0.1) is 5.02 Å². The number of rotatable bonds is 4. The summed E-state index contributed by atoms with van der Waals surface area (Å²) >= 11 is 10.9. The van der Waals surface area contributed by atoms with Crippen LogP contribution in [0.2, 0.25) is 5.02 Å². The summed E-state index contributed by atoms with van der Waals surface area (Å²) < 4.78 is 0. The maximum absolute atomic E-state index is 11.2. The fourth-order valence-corrected chi connectivity index (χ4v) is 1.73. The zero-order valence-corrected chi connectivity index (χ0v) is 11.2. The first kappa shape index (κ1) is 13.7. The van der Waals surface area contributed by atoms with E-state index in [1.165, 1.54) is 0 Å². The highest BCUT2D eigenvalue weighted by Crippen LogP contribution is 2.23. The van der Waals surface area contributed by atoms with E-state index in [2.05, 4.69) is 5.32 Å². The van der Waals surface area contributed by atoms with Crippen molar-refractivity contribution in [2.24, 2.45) is 11.5 Å². The van der Waals surface area contributed by atoms with Gasteiger partial charge in [-0.05, 0) is 32.0 Å². The lowest BCUT2D eigenvalue weighted by atomic mass is 10.0. The fourth-order valence-electron chi connectivity index (χ4n) is 1.22. The number of carbonyl (C=O) groups is 1. The maximum atomic E-state index is 11.2. The number of amides is 1. The molecule has 0 atom stereocenters. The number of nitrogens with one attached hydrogen (secondary N) is 1. The summed E-state index contributed by atoms with van der Waals surface area (Å²) in [6, 6.07) is 5.09. The van der Waals surface area contributed by atoms with E-state index in [0.717, 1.165) is 0 Å². The Morgan fingerprint density at radius 3 is 2.41 bits per heavy atom. The van der Waals surface area contributed by atoms with Gasteiger partial charge in [-0.3, -0.25) is 4.79 Å². The zero-order chi connectivity index (χ0) is 13.2. The number of benzene rings is 1. The summed E-state index contributed by atoms with van der Waals surface area (Å²) in [5.41, 5.74) is 11.2. The number of carbonyl (C=O) groups excluding carboxylic acids is 1. The van der Waals surface area contributed by atoms with Crippen molar-refractivity contribution >= 4 is 40.4 Å². The van der Waals surface area contributed by atoms with Crippen LogP contribution in [0.1, 0.15) is 19.4 Å². The molecule has 0 unspecified atom stereocenters. The van der Waals surface area contributed by atoms with Crippen molar-refractivity contribution < 1.29 is 4.79 Å². The second kappa shape index (κ2) is 4.89. The first-order valence-corrected chi connectivity index (χ1v) is 5.70. The fraction of sp³-hybridized carbons (Fsp3) is 0.273. The van der Waals surface area contributed by atoms with Gasteiger partial charge < -0.3 is 16.8 Å². The van der Waals surface area contributed by atoms with Crippen LogP contribution in [-0.2, 0) is 4.79 Å². The Morgan fingerprint density at radius 2 is 2.00 bits per heavy atom. The molecule has 0 aliphatic carbocycles. The Kier molecular flexibility index (Phi) is 3.95. The SMILES string of the molecule is CC(C)(Nc1ccc(C(N)=S)c(Cl)c1)C(N)=O. The second-order valence-corrected chi connectivity index (χ2v) is 5.02. The van der Waals surface area contributed by atoms with Crippen LogP contribution in [-0.4, -0.2) is 16.4 Å². The molecule has 1 amide bonds. The van der Waals surface area contributed by atoms with Gasteiger partial charge in [-0.2, -0.15) is 0 Å². The third kappa shape index (κ3) is 3.31. The van der Waals surface area contributed by atoms with E-state index in [-0.39, 0.29) is 4.99 Å². The van der Waals surface area contributed by atoms with Crippen LogP contribution in [0.4, 0.5) is 5.69 Å². The van der Waals surface area contributed by atoms with Crippen LogP contribution in [0.5, 0.6) is 0 Å². The van der Waals surface area contributed by atoms with Gasteiger partial charge in [-0.1, -0.05) is 23.8 Å². The summed E-state index contributed by atoms with van der Waals surface area (Å²) in [7, 11) is 0. The van der Waals surface area contributed by atoms with E-state index in [1.54, 1.807) is 32.0 Å². The Hall–Kier alpha value is -1.33. The summed E-state index contributed by atoms with van der Waals surface area (Å²) in [6.45, 7) is 3.37. The molecule has 5 N–H and O–H groups in total. The standard InChI is InChI=1S/C11H14ClN3OS/c1-11(2,10(14)16)15-6-3-4-7(9(13)17)8(12)5-6/h3-5,15H,1-2H3,(H2,13,17)(H2,14,16). The summed E-state index contributed by atoms with van der Waals surface area (Å²) in [5, 5.41) is 3.41. The van der Waals surface area contributed by atoms with Crippen LogP contribution in [0, 0.1) is 0 Å². The molecule has 92 valence electrons. The number of primary amides is 1. The first-order chi connectivity index (χ1) is 7.74. The van der Waals surface area contributed by atoms with E-state index >= 15 is 0 Å². The van der Waals surface area contributed by atoms with Gasteiger partial charge in [-0.15, -0.1) is 0 Å². The molecular weight excluding hydrogens is 258 g/mol. The van der Waals surface area contributed by atoms with Crippen LogP contribution in [0.25, 0.3) is 0 Å². The zero-order valence-electron chi connectivity index (χ0n) is 9.58. The molecule has 1 rings (SSSR count). The quantitative estimate of drug-likeness (QED) is 0.728. The molecule has 0 radical (unpaired) electrons. The van der Waals surface area contributed by atoms with Crippen LogP contribution in [0.3, 0.4) is 0 Å². The van der Waals surface area contributed by atoms with Crippen molar-refractivity contribution in [3.63, 3.8) is 0 Å². The van der Waals surface area contributed by atoms with E-state index in [4.69, 9.17) is 35.3 Å². The third-order valence-electron chi connectivity index (χ3n) is 2.31. The van der Waals surface area contributed by atoms with E-state index < -0.39 is 11.4 Å². The molecule has 17 heavy (non-hydrogen) atoms. The average molecular weight is 272 g/mol. The van der Waals surface area contributed by atoms with Gasteiger partial charge in [0.2, 0.25) is 5.91 Å². The topological polar surface area (TPSA) is 81.1 Å². The minimum Gasteiger partial charge on any atom is -0.389 e. The Labute approximate surface area is 110 Å². The molecule has 0 aliphatic rings. The van der Waals surface area contributed by atoms with E-state index in [9.17, 15) is 4.79 Å². The van der Waals surface area contributed by atoms with Crippen LogP contribution >= 0.6 is 23.8 Å². The molecule has 0 spiro atoms. The summed E-state index contributed by atoms with van der Waals surface area (Å²) in [5.74, 6) is -0.452. The second-order valence-electron chi connectivity index (χ2n) is 4.17. The Morgan fingerprint density at radius 1 is 1.41 bits per heavy atom. The van der Waals surface area contributed by atoms with Crippen molar-refractivity contribution in [3.05, 3.63) is 28.8 Å². The number of thiocarbonyl (C=S) groups is 1. The maximum Gasteiger partial charge on any atom is 0.242 e. The Balaban J connectivity index is 2.99. The summed E-state index contributed by atoms with van der Waals surface area (Å²) in [4.78, 5) is 11.4. The van der Waals surface area contributed by atoms with E-state index in [1.807, 2.05) is 0 Å². The smallest absolute Gasteiger partial charge is 0.242 e. The normalized spacial score (nSPS) is 11.0. The van der Waals surface area contributed by atoms with E-state index in [0.29, 0.717) is 16.3 Å². The molecule has 0 bridgehead atoms. The Bertz CT molecular complexity index is 474. The van der Waals surface area contributed by atoms with Crippen molar-refractivity contribution in [1.82, 2.24) is 0 Å². The molecule has 0 heterocycles. The molecular formula is C11H14ClN3OS. The molecule has 0 aromatic heterocycles. The molecule has 6 heteroatoms. The van der Waals surface area contributed by atoms with Crippen molar-refractivity contribution in [1.29, 1.82) is 0 Å². The highest BCUT2D eigenvalue weighted by Gasteiger charge is 2.24. The lowest BCUT2D eigenvalue weighted by Gasteiger charge is -2.24. The highest BCUT2D eigenvalue weighted by molar-refractivity contribution is 7.80. The molecule has 0 aliphatic heterocycles. The van der Waals surface area contributed by atoms with Gasteiger partial charge in [-0.25, -0.2) is 0 Å². The van der Waals surface area contributed by atoms with Gasteiger partial charge in [0.15, 0.2) is 0 Å². The predicted octanol–water partition coefficient (Wildman–Crippen LogP) is 1.65. The number of hydrogen-bond donors (Lipinski definition) is 3. The van der Waals surface area contributed by atoms with Crippen LogP contribution < -0.4 is 16.8 Å². The molecule has 0 saturated carbocycles. The van der Waals surface area contributed by atoms with Crippen LogP contribution in [0.15, 0.2) is 18.2 Å². The lowest BCUT2D eigenvalue weighted by molar-refractivity contribution is -0.121. The minimum atomic E-state index is -0.853. The molecule has 4 nitrogen and oxygen atoms in total. The molecule has 1 aromatic rings. The van der Waals surface area contributed by atoms with Crippen molar-refractivity contribution in [2.45, 2.75) is 19.4 Å². The van der Waals surface area contributed by atoms with Gasteiger partial charge in [0, 0.05) is 11.3 Å². The molecule has 0 saturated heterocycles. The lowest BCUT2D eigenvalue weighted by Crippen LogP contribution is -2.45.